The highest BCUT2D eigenvalue weighted by molar-refractivity contribution is 7.81. The second-order valence-electron chi connectivity index (χ2n) is 16.6. The number of Topliss-reactive ketones (excluding diaryl/α,β-unsaturated/α-hetero) is 1. The number of hydrogen-bond acceptors (Lipinski definition) is 8. The van der Waals surface area contributed by atoms with Gasteiger partial charge in [0, 0.05) is 49.6 Å². The van der Waals surface area contributed by atoms with Crippen LogP contribution in [-0.4, -0.2) is 82.2 Å². The van der Waals surface area contributed by atoms with Crippen LogP contribution < -0.4 is 15.1 Å². The van der Waals surface area contributed by atoms with Crippen LogP contribution in [0.4, 0.5) is 24.5 Å². The average molecular weight is 829 g/mol. The van der Waals surface area contributed by atoms with Gasteiger partial charge in [0.15, 0.2) is 10.9 Å². The minimum Gasteiger partial charge on any atom is -0.304 e. The van der Waals surface area contributed by atoms with Crippen LogP contribution in [0, 0.1) is 17.2 Å². The predicted molar refractivity (Wildman–Crippen MR) is 224 cm³/mol. The van der Waals surface area contributed by atoms with Crippen molar-refractivity contribution in [1.29, 1.82) is 5.26 Å². The standard InChI is InChI=1S/C45H51F3N6O4S/c1-6-32-22-37(54-43(59)53(42(58)44(54,4)5)36-15-13-35(24-49)39(23-36)45(46,47)48)16-12-33(32)11-8-18-51-25-28(2)52(29(3)26-51)27-38(55)21-31-10-7-9-30(19-31)20-34-14-17-40(56)50-41(34)57/h7,9-10,12-13,15-16,19,22-23,28-29,34H,6,8,11,14,17-18,20-21,25-27H2,1-5H3,(H,50,56,57)/t28-,29+,34?. The molecule has 3 atom stereocenters. The summed E-state index contributed by atoms with van der Waals surface area (Å²) in [5.74, 6) is -1.02. The number of anilines is 2. The molecule has 0 aromatic heterocycles. The van der Waals surface area contributed by atoms with Crippen molar-refractivity contribution in [2.45, 2.75) is 103 Å². The number of alkyl halides is 3. The second-order valence-corrected chi connectivity index (χ2v) is 16.9. The van der Waals surface area contributed by atoms with E-state index in [9.17, 15) is 37.6 Å². The van der Waals surface area contributed by atoms with Gasteiger partial charge in [-0.25, -0.2) is 0 Å². The van der Waals surface area contributed by atoms with Crippen LogP contribution in [0.3, 0.4) is 0 Å². The highest BCUT2D eigenvalue weighted by atomic mass is 32.1. The third-order valence-corrected chi connectivity index (χ3v) is 12.2. The van der Waals surface area contributed by atoms with Crippen LogP contribution in [0.25, 0.3) is 0 Å². The van der Waals surface area contributed by atoms with Gasteiger partial charge in [0.05, 0.1) is 29.4 Å². The molecule has 6 rings (SSSR count). The maximum absolute atomic E-state index is 13.8. The average Bonchev–Trinajstić information content (AvgIpc) is 3.35. The summed E-state index contributed by atoms with van der Waals surface area (Å²) in [5, 5.41) is 11.7. The van der Waals surface area contributed by atoms with Crippen molar-refractivity contribution in [3.63, 3.8) is 0 Å². The number of rotatable bonds is 13. The smallest absolute Gasteiger partial charge is 0.304 e. The lowest BCUT2D eigenvalue weighted by Crippen LogP contribution is -2.58. The van der Waals surface area contributed by atoms with E-state index in [0.29, 0.717) is 37.9 Å². The molecule has 0 aliphatic carbocycles. The molecule has 0 bridgehead atoms. The van der Waals surface area contributed by atoms with Gasteiger partial charge in [-0.1, -0.05) is 37.3 Å². The van der Waals surface area contributed by atoms with Crippen LogP contribution in [0.15, 0.2) is 60.7 Å². The molecule has 3 heterocycles. The number of piperazine rings is 1. The van der Waals surface area contributed by atoms with E-state index in [2.05, 4.69) is 35.9 Å². The summed E-state index contributed by atoms with van der Waals surface area (Å²) in [6, 6.07) is 18.9. The molecule has 59 heavy (non-hydrogen) atoms. The fraction of sp³-hybridized carbons (Fsp3) is 0.467. The number of aryl methyl sites for hydroxylation is 2. The van der Waals surface area contributed by atoms with Gasteiger partial charge in [-0.15, -0.1) is 0 Å². The molecule has 0 saturated carbocycles. The molecule has 1 unspecified atom stereocenters. The third kappa shape index (κ3) is 9.59. The van der Waals surface area contributed by atoms with Gasteiger partial charge in [0.25, 0.3) is 5.91 Å². The van der Waals surface area contributed by atoms with Crippen molar-refractivity contribution >= 4 is 52.2 Å². The number of carbonyl (C=O) groups excluding carboxylic acids is 4. The summed E-state index contributed by atoms with van der Waals surface area (Å²) >= 11 is 5.76. The van der Waals surface area contributed by atoms with E-state index in [1.807, 2.05) is 42.5 Å². The molecule has 3 fully saturated rings. The zero-order valence-electron chi connectivity index (χ0n) is 34.2. The van der Waals surface area contributed by atoms with Crippen molar-refractivity contribution in [2.75, 3.05) is 36.0 Å². The zero-order valence-corrected chi connectivity index (χ0v) is 35.0. The summed E-state index contributed by atoms with van der Waals surface area (Å²) in [7, 11) is 0. The van der Waals surface area contributed by atoms with Crippen molar-refractivity contribution in [3.05, 3.63) is 94.0 Å². The maximum atomic E-state index is 13.8. The van der Waals surface area contributed by atoms with Crippen LogP contribution >= 0.6 is 12.2 Å². The second kappa shape index (κ2) is 17.7. The number of nitrogens with zero attached hydrogens (tertiary/aromatic N) is 5. The maximum Gasteiger partial charge on any atom is 0.417 e. The van der Waals surface area contributed by atoms with Crippen molar-refractivity contribution < 1.29 is 32.3 Å². The Kier molecular flexibility index (Phi) is 13.1. The first-order valence-corrected chi connectivity index (χ1v) is 20.6. The van der Waals surface area contributed by atoms with Crippen molar-refractivity contribution in [1.82, 2.24) is 15.1 Å². The molecule has 0 spiro atoms. The molecule has 3 saturated heterocycles. The molecular formula is C45H51F3N6O4S. The number of benzene rings is 3. The van der Waals surface area contributed by atoms with Crippen LogP contribution in [-0.2, 0) is 51.0 Å². The minimum absolute atomic E-state index is 0.0450. The molecule has 3 aromatic carbocycles. The van der Waals surface area contributed by atoms with E-state index in [0.717, 1.165) is 72.6 Å². The summed E-state index contributed by atoms with van der Waals surface area (Å²) < 4.78 is 41.4. The number of nitriles is 1. The van der Waals surface area contributed by atoms with E-state index >= 15 is 0 Å². The number of piperidine rings is 1. The molecule has 0 radical (unpaired) electrons. The van der Waals surface area contributed by atoms with Gasteiger partial charge in [-0.3, -0.25) is 34.3 Å². The number of thiocarbonyl (C=S) groups is 1. The Bertz CT molecular complexity index is 2170. The molecule has 3 aromatic rings. The van der Waals surface area contributed by atoms with E-state index in [1.165, 1.54) is 11.6 Å². The Balaban J connectivity index is 1.03. The van der Waals surface area contributed by atoms with Gasteiger partial charge in [-0.2, -0.15) is 18.4 Å². The van der Waals surface area contributed by atoms with Crippen LogP contribution in [0.1, 0.15) is 87.3 Å². The number of halogens is 3. The Labute approximate surface area is 349 Å². The number of imide groups is 1. The molecule has 3 amide bonds. The summed E-state index contributed by atoms with van der Waals surface area (Å²) in [6.45, 7) is 12.7. The van der Waals surface area contributed by atoms with Gasteiger partial charge in [-0.05, 0) is 131 Å². The Morgan fingerprint density at radius 3 is 2.32 bits per heavy atom. The summed E-state index contributed by atoms with van der Waals surface area (Å²) in [6.07, 6.45) is -0.564. The molecule has 3 aliphatic heterocycles. The molecule has 10 nitrogen and oxygen atoms in total. The van der Waals surface area contributed by atoms with Gasteiger partial charge in [0.2, 0.25) is 11.8 Å². The third-order valence-electron chi connectivity index (χ3n) is 11.9. The fourth-order valence-electron chi connectivity index (χ4n) is 8.81. The lowest BCUT2D eigenvalue weighted by atomic mass is 9.90. The van der Waals surface area contributed by atoms with Gasteiger partial charge >= 0.3 is 6.18 Å². The molecule has 1 N–H and O–H groups in total. The largest absolute Gasteiger partial charge is 0.417 e. The number of ketones is 1. The van der Waals surface area contributed by atoms with Crippen molar-refractivity contribution in [3.8, 4) is 6.07 Å². The highest BCUT2D eigenvalue weighted by Crippen LogP contribution is 2.40. The highest BCUT2D eigenvalue weighted by Gasteiger charge is 2.51. The van der Waals surface area contributed by atoms with Crippen molar-refractivity contribution in [2.24, 2.45) is 5.92 Å². The zero-order chi connectivity index (χ0) is 42.8. The first-order chi connectivity index (χ1) is 27.9. The minimum atomic E-state index is -4.78. The first-order valence-electron chi connectivity index (χ1n) is 20.2. The number of hydrogen-bond donors (Lipinski definition) is 1. The van der Waals surface area contributed by atoms with Gasteiger partial charge < -0.3 is 9.80 Å². The Hall–Kier alpha value is -4.97. The first kappa shape index (κ1) is 43.6. The number of carbonyl (C=O) groups is 4. The van der Waals surface area contributed by atoms with Crippen LogP contribution in [0.2, 0.25) is 0 Å². The Morgan fingerprint density at radius 2 is 1.66 bits per heavy atom. The predicted octanol–water partition coefficient (Wildman–Crippen LogP) is 6.79. The molecule has 312 valence electrons. The lowest BCUT2D eigenvalue weighted by Gasteiger charge is -2.44. The SMILES string of the molecule is CCc1cc(N2C(=S)N(c3ccc(C#N)c(C(F)(F)F)c3)C(=O)C2(C)C)ccc1CCCN1C[C@@H](C)N(CC(=O)Cc2cccc(CC3CCC(=O)NC3=O)c2)[C@@H](C)C1. The molecule has 3 aliphatic rings. The quantitative estimate of drug-likeness (QED) is 0.147. The fourth-order valence-corrected chi connectivity index (χ4v) is 9.33. The Morgan fingerprint density at radius 1 is 0.966 bits per heavy atom. The molecule has 14 heteroatoms. The summed E-state index contributed by atoms with van der Waals surface area (Å²) in [5.41, 5.74) is 1.98. The van der Waals surface area contributed by atoms with E-state index in [-0.39, 0.29) is 46.4 Å². The molecular weight excluding hydrogens is 778 g/mol. The number of nitrogens with one attached hydrogen (secondary N) is 1. The van der Waals surface area contributed by atoms with Gasteiger partial charge in [0.1, 0.15) is 5.54 Å². The monoisotopic (exact) mass is 828 g/mol. The van der Waals surface area contributed by atoms with E-state index in [4.69, 9.17) is 12.2 Å². The summed E-state index contributed by atoms with van der Waals surface area (Å²) in [4.78, 5) is 58.4. The normalized spacial score (nSPS) is 21.5. The lowest BCUT2D eigenvalue weighted by molar-refractivity contribution is -0.138. The van der Waals surface area contributed by atoms with E-state index in [1.54, 1.807) is 24.8 Å². The number of amides is 3. The topological polar surface area (TPSA) is 117 Å². The van der Waals surface area contributed by atoms with E-state index < -0.39 is 28.7 Å². The van der Waals surface area contributed by atoms with Crippen LogP contribution in [0.5, 0.6) is 0 Å².